The van der Waals surface area contributed by atoms with E-state index in [2.05, 4.69) is 57.9 Å². The minimum absolute atomic E-state index is 0.372. The normalized spacial score (nSPS) is 20.4. The van der Waals surface area contributed by atoms with Gasteiger partial charge in [-0.2, -0.15) is 0 Å². The van der Waals surface area contributed by atoms with Gasteiger partial charge in [-0.1, -0.05) is 12.1 Å². The lowest BCUT2D eigenvalue weighted by Crippen LogP contribution is -2.35. The third-order valence-corrected chi connectivity index (χ3v) is 4.19. The van der Waals surface area contributed by atoms with Crippen molar-refractivity contribution in [3.63, 3.8) is 0 Å². The van der Waals surface area contributed by atoms with Crippen LogP contribution in [0.4, 0.5) is 0 Å². The summed E-state index contributed by atoms with van der Waals surface area (Å²) in [5, 5.41) is 14.7. The summed E-state index contributed by atoms with van der Waals surface area (Å²) >= 11 is 0. The molecule has 6 heteroatoms. The molecule has 0 aliphatic carbocycles. The number of hydrogen-bond acceptors (Lipinski definition) is 5. The van der Waals surface area contributed by atoms with Crippen LogP contribution in [0.1, 0.15) is 24.9 Å². The maximum atomic E-state index is 3.94. The average Bonchev–Trinajstić information content (AvgIpc) is 3.18. The van der Waals surface area contributed by atoms with E-state index in [-0.39, 0.29) is 0 Å². The highest BCUT2D eigenvalue weighted by Crippen LogP contribution is 2.24. The first kappa shape index (κ1) is 13.2. The molecule has 20 heavy (non-hydrogen) atoms. The molecule has 1 aromatic carbocycles. The molecule has 106 valence electrons. The number of rotatable bonds is 4. The molecular weight excluding hydrogens is 252 g/mol. The Morgan fingerprint density at radius 2 is 2.35 bits per heavy atom. The van der Waals surface area contributed by atoms with Crippen molar-refractivity contribution in [3.05, 3.63) is 36.2 Å². The fourth-order valence-corrected chi connectivity index (χ4v) is 2.75. The minimum Gasteiger partial charge on any atom is -0.315 e. The van der Waals surface area contributed by atoms with Crippen LogP contribution in [-0.4, -0.2) is 51.3 Å². The van der Waals surface area contributed by atoms with Crippen molar-refractivity contribution < 1.29 is 0 Å². The molecule has 2 unspecified atom stereocenters. The number of nitrogens with one attached hydrogen (secondary N) is 1. The first-order chi connectivity index (χ1) is 9.75. The maximum Gasteiger partial charge on any atom is 0.143 e. The van der Waals surface area contributed by atoms with E-state index in [1.54, 1.807) is 11.0 Å². The molecule has 6 nitrogen and oxygen atoms in total. The highest BCUT2D eigenvalue weighted by Gasteiger charge is 2.23. The molecule has 1 aliphatic rings. The molecular formula is C14H20N6. The van der Waals surface area contributed by atoms with E-state index in [4.69, 9.17) is 0 Å². The van der Waals surface area contributed by atoms with Crippen LogP contribution in [0.25, 0.3) is 5.69 Å². The van der Waals surface area contributed by atoms with E-state index in [1.807, 2.05) is 6.07 Å². The average molecular weight is 272 g/mol. The topological polar surface area (TPSA) is 58.9 Å². The van der Waals surface area contributed by atoms with Crippen molar-refractivity contribution in [1.29, 1.82) is 0 Å². The largest absolute Gasteiger partial charge is 0.315 e. The number of tetrazole rings is 1. The van der Waals surface area contributed by atoms with Gasteiger partial charge in [0, 0.05) is 18.6 Å². The van der Waals surface area contributed by atoms with Crippen LogP contribution in [0.2, 0.25) is 0 Å². The number of aromatic nitrogens is 4. The zero-order chi connectivity index (χ0) is 13.9. The summed E-state index contributed by atoms with van der Waals surface area (Å²) in [6.07, 6.45) is 2.84. The van der Waals surface area contributed by atoms with Gasteiger partial charge in [-0.3, -0.25) is 4.90 Å². The molecule has 3 rings (SSSR count). The number of benzene rings is 1. The summed E-state index contributed by atoms with van der Waals surface area (Å²) in [6.45, 7) is 4.44. The van der Waals surface area contributed by atoms with E-state index in [0.29, 0.717) is 12.1 Å². The quantitative estimate of drug-likeness (QED) is 0.900. The lowest BCUT2D eigenvalue weighted by molar-refractivity contribution is 0.197. The maximum absolute atomic E-state index is 3.94. The second-order valence-electron chi connectivity index (χ2n) is 5.34. The van der Waals surface area contributed by atoms with Gasteiger partial charge >= 0.3 is 0 Å². The van der Waals surface area contributed by atoms with Gasteiger partial charge in [0.25, 0.3) is 0 Å². The molecule has 2 atom stereocenters. The Labute approximate surface area is 118 Å². The molecule has 1 aromatic heterocycles. The van der Waals surface area contributed by atoms with E-state index >= 15 is 0 Å². The molecule has 0 spiro atoms. The molecule has 2 aromatic rings. The molecule has 1 N–H and O–H groups in total. The van der Waals surface area contributed by atoms with Crippen LogP contribution < -0.4 is 5.32 Å². The van der Waals surface area contributed by atoms with Crippen molar-refractivity contribution in [2.24, 2.45) is 0 Å². The standard InChI is InChI=1S/C14H20N6/c1-11(19(2)14-6-7-15-9-14)12-4-3-5-13(8-12)20-10-16-17-18-20/h3-5,8,10-11,14-15H,6-7,9H2,1-2H3. The smallest absolute Gasteiger partial charge is 0.143 e. The summed E-state index contributed by atoms with van der Waals surface area (Å²) in [4.78, 5) is 2.44. The first-order valence-corrected chi connectivity index (χ1v) is 7.01. The zero-order valence-corrected chi connectivity index (χ0v) is 11.9. The van der Waals surface area contributed by atoms with Crippen LogP contribution in [0, 0.1) is 0 Å². The minimum atomic E-state index is 0.372. The van der Waals surface area contributed by atoms with Crippen molar-refractivity contribution in [3.8, 4) is 5.69 Å². The molecule has 0 amide bonds. The highest BCUT2D eigenvalue weighted by molar-refractivity contribution is 5.35. The summed E-state index contributed by atoms with van der Waals surface area (Å²) < 4.78 is 1.69. The van der Waals surface area contributed by atoms with Gasteiger partial charge in [0.15, 0.2) is 0 Å². The van der Waals surface area contributed by atoms with Crippen molar-refractivity contribution >= 4 is 0 Å². The molecule has 2 heterocycles. The Kier molecular flexibility index (Phi) is 3.75. The zero-order valence-electron chi connectivity index (χ0n) is 11.9. The lowest BCUT2D eigenvalue weighted by Gasteiger charge is -2.30. The van der Waals surface area contributed by atoms with Gasteiger partial charge in [0.05, 0.1) is 5.69 Å². The van der Waals surface area contributed by atoms with Crippen molar-refractivity contribution in [2.45, 2.75) is 25.4 Å². The van der Waals surface area contributed by atoms with Crippen LogP contribution >= 0.6 is 0 Å². The van der Waals surface area contributed by atoms with E-state index in [9.17, 15) is 0 Å². The number of hydrogen-bond donors (Lipinski definition) is 1. The summed E-state index contributed by atoms with van der Waals surface area (Å²) in [6, 6.07) is 9.38. The van der Waals surface area contributed by atoms with E-state index < -0.39 is 0 Å². The number of nitrogens with zero attached hydrogens (tertiary/aromatic N) is 5. The fraction of sp³-hybridized carbons (Fsp3) is 0.500. The van der Waals surface area contributed by atoms with Crippen LogP contribution in [0.15, 0.2) is 30.6 Å². The summed E-state index contributed by atoms with van der Waals surface area (Å²) in [5.74, 6) is 0. The molecule has 0 bridgehead atoms. The Morgan fingerprint density at radius 3 is 3.05 bits per heavy atom. The summed E-state index contributed by atoms with van der Waals surface area (Å²) in [7, 11) is 2.20. The van der Waals surface area contributed by atoms with Crippen LogP contribution in [-0.2, 0) is 0 Å². The Morgan fingerprint density at radius 1 is 1.45 bits per heavy atom. The number of likely N-dealkylation sites (N-methyl/N-ethyl adjacent to an activating group) is 1. The molecule has 0 radical (unpaired) electrons. The van der Waals surface area contributed by atoms with Crippen molar-refractivity contribution in [1.82, 2.24) is 30.4 Å². The molecule has 1 saturated heterocycles. The van der Waals surface area contributed by atoms with E-state index in [1.165, 1.54) is 12.0 Å². The van der Waals surface area contributed by atoms with Gasteiger partial charge < -0.3 is 5.32 Å². The van der Waals surface area contributed by atoms with Gasteiger partial charge in [0.2, 0.25) is 0 Å². The van der Waals surface area contributed by atoms with Crippen LogP contribution in [0.5, 0.6) is 0 Å². The first-order valence-electron chi connectivity index (χ1n) is 7.01. The molecule has 1 aliphatic heterocycles. The van der Waals surface area contributed by atoms with Gasteiger partial charge in [-0.15, -0.1) is 5.10 Å². The third kappa shape index (κ3) is 2.57. The SMILES string of the molecule is CC(c1cccc(-n2cnnn2)c1)N(C)C1CCNC1. The van der Waals surface area contributed by atoms with Crippen LogP contribution in [0.3, 0.4) is 0 Å². The predicted octanol–water partition coefficient (Wildman–Crippen LogP) is 1.02. The Hall–Kier alpha value is -1.79. The molecule has 1 fully saturated rings. The van der Waals surface area contributed by atoms with Crippen molar-refractivity contribution in [2.75, 3.05) is 20.1 Å². The Bertz CT molecular complexity index is 547. The highest BCUT2D eigenvalue weighted by atomic mass is 15.5. The summed E-state index contributed by atoms with van der Waals surface area (Å²) in [5.41, 5.74) is 2.28. The second-order valence-corrected chi connectivity index (χ2v) is 5.34. The third-order valence-electron chi connectivity index (χ3n) is 4.19. The monoisotopic (exact) mass is 272 g/mol. The second kappa shape index (κ2) is 5.68. The fourth-order valence-electron chi connectivity index (χ4n) is 2.75. The van der Waals surface area contributed by atoms with Gasteiger partial charge in [-0.05, 0) is 55.1 Å². The predicted molar refractivity (Wildman–Crippen MR) is 76.6 cm³/mol. The van der Waals surface area contributed by atoms with Gasteiger partial charge in [-0.25, -0.2) is 4.68 Å². The van der Waals surface area contributed by atoms with E-state index in [0.717, 1.165) is 18.8 Å². The Balaban J connectivity index is 1.80. The van der Waals surface area contributed by atoms with Gasteiger partial charge in [0.1, 0.15) is 6.33 Å². The molecule has 0 saturated carbocycles. The lowest BCUT2D eigenvalue weighted by atomic mass is 10.0.